The highest BCUT2D eigenvalue weighted by Crippen LogP contribution is 2.33. The predicted octanol–water partition coefficient (Wildman–Crippen LogP) is 2.72. The van der Waals surface area contributed by atoms with E-state index in [1.54, 1.807) is 18.2 Å². The molecule has 1 aliphatic rings. The van der Waals surface area contributed by atoms with Crippen LogP contribution in [0.4, 0.5) is 5.69 Å². The maximum absolute atomic E-state index is 10.9. The third-order valence-electron chi connectivity index (χ3n) is 2.91. The molecule has 2 rings (SSSR count). The van der Waals surface area contributed by atoms with Crippen LogP contribution in [0.25, 0.3) is 0 Å². The first-order chi connectivity index (χ1) is 9.58. The zero-order chi connectivity index (χ0) is 14.7. The Labute approximate surface area is 126 Å². The molecule has 106 valence electrons. The summed E-state index contributed by atoms with van der Waals surface area (Å²) in [6.07, 6.45) is 1.03. The zero-order valence-corrected chi connectivity index (χ0v) is 12.3. The van der Waals surface area contributed by atoms with Gasteiger partial charge < -0.3 is 20.1 Å². The molecule has 1 heterocycles. The van der Waals surface area contributed by atoms with Crippen LogP contribution in [-0.4, -0.2) is 35.1 Å². The van der Waals surface area contributed by atoms with Crippen LogP contribution in [0.2, 0.25) is 5.02 Å². The van der Waals surface area contributed by atoms with E-state index < -0.39 is 0 Å². The standard InChI is InChI=1S/C13H13ClN2O3S/c1-19-12-8(14)3-2-4-9(12)15-13(20)11-10(18)5-6-16(11)7-17/h2-4,7,18H,5-6H2,1H3,(H,15,20). The zero-order valence-electron chi connectivity index (χ0n) is 10.7. The van der Waals surface area contributed by atoms with Crippen molar-refractivity contribution in [2.75, 3.05) is 19.0 Å². The first kappa shape index (κ1) is 14.6. The molecule has 0 saturated carbocycles. The minimum atomic E-state index is 0.0931. The van der Waals surface area contributed by atoms with Crippen LogP contribution < -0.4 is 10.1 Å². The number of rotatable bonds is 4. The molecule has 0 aliphatic carbocycles. The first-order valence-corrected chi connectivity index (χ1v) is 6.65. The van der Waals surface area contributed by atoms with Crippen molar-refractivity contribution >= 4 is 40.9 Å². The number of hydrogen-bond donors (Lipinski definition) is 2. The number of nitrogens with one attached hydrogen (secondary N) is 1. The van der Waals surface area contributed by atoms with Crippen molar-refractivity contribution in [3.8, 4) is 5.75 Å². The highest BCUT2D eigenvalue weighted by Gasteiger charge is 2.25. The predicted molar refractivity (Wildman–Crippen MR) is 81.3 cm³/mol. The number of halogens is 1. The molecule has 0 spiro atoms. The molecule has 0 fully saturated rings. The molecule has 0 radical (unpaired) electrons. The van der Waals surface area contributed by atoms with Gasteiger partial charge in [-0.05, 0) is 12.1 Å². The average Bonchev–Trinajstić information content (AvgIpc) is 2.80. The van der Waals surface area contributed by atoms with E-state index in [9.17, 15) is 9.90 Å². The van der Waals surface area contributed by atoms with Gasteiger partial charge in [-0.15, -0.1) is 0 Å². The second kappa shape index (κ2) is 6.11. The lowest BCUT2D eigenvalue weighted by Crippen LogP contribution is -2.26. The van der Waals surface area contributed by atoms with Crippen LogP contribution in [-0.2, 0) is 4.79 Å². The van der Waals surface area contributed by atoms with E-state index >= 15 is 0 Å². The SMILES string of the molecule is COc1c(Cl)cccc1NC(=S)C1=C(O)CCN1C=O. The third kappa shape index (κ3) is 2.71. The Morgan fingerprint density at radius 1 is 1.60 bits per heavy atom. The minimum absolute atomic E-state index is 0.0931. The number of methoxy groups -OCH3 is 1. The summed E-state index contributed by atoms with van der Waals surface area (Å²) in [7, 11) is 1.50. The van der Waals surface area contributed by atoms with Crippen molar-refractivity contribution in [3.63, 3.8) is 0 Å². The highest BCUT2D eigenvalue weighted by molar-refractivity contribution is 7.81. The summed E-state index contributed by atoms with van der Waals surface area (Å²) in [5, 5.41) is 13.2. The molecule has 20 heavy (non-hydrogen) atoms. The number of para-hydroxylation sites is 1. The number of ether oxygens (including phenoxy) is 1. The Morgan fingerprint density at radius 2 is 2.35 bits per heavy atom. The number of aliphatic hydroxyl groups is 1. The summed E-state index contributed by atoms with van der Waals surface area (Å²) < 4.78 is 5.20. The number of anilines is 1. The van der Waals surface area contributed by atoms with E-state index in [-0.39, 0.29) is 10.7 Å². The molecule has 0 bridgehead atoms. The topological polar surface area (TPSA) is 61.8 Å². The highest BCUT2D eigenvalue weighted by atomic mass is 35.5. The van der Waals surface area contributed by atoms with Crippen molar-refractivity contribution in [1.29, 1.82) is 0 Å². The number of aliphatic hydroxyl groups excluding tert-OH is 1. The van der Waals surface area contributed by atoms with Gasteiger partial charge in [0.2, 0.25) is 6.41 Å². The Morgan fingerprint density at radius 3 is 3.00 bits per heavy atom. The number of nitrogens with zero attached hydrogens (tertiary/aromatic N) is 1. The number of amides is 1. The van der Waals surface area contributed by atoms with Gasteiger partial charge in [-0.3, -0.25) is 4.79 Å². The van der Waals surface area contributed by atoms with Crippen LogP contribution in [0, 0.1) is 0 Å². The second-order valence-electron chi connectivity index (χ2n) is 4.12. The van der Waals surface area contributed by atoms with Crippen LogP contribution in [0.1, 0.15) is 6.42 Å². The molecular formula is C13H13ClN2O3S. The van der Waals surface area contributed by atoms with E-state index in [1.807, 2.05) is 0 Å². The summed E-state index contributed by atoms with van der Waals surface area (Å²) in [6.45, 7) is 0.416. The summed E-state index contributed by atoms with van der Waals surface area (Å²) in [4.78, 5) is 12.6. The van der Waals surface area contributed by atoms with E-state index in [0.29, 0.717) is 41.5 Å². The number of thiocarbonyl (C=S) groups is 1. The molecule has 2 N–H and O–H groups in total. The van der Waals surface area contributed by atoms with Crippen LogP contribution in [0.3, 0.4) is 0 Å². The van der Waals surface area contributed by atoms with Crippen LogP contribution in [0.5, 0.6) is 5.75 Å². The van der Waals surface area contributed by atoms with Gasteiger partial charge in [0.05, 0.1) is 17.8 Å². The largest absolute Gasteiger partial charge is 0.510 e. The maximum Gasteiger partial charge on any atom is 0.214 e. The molecule has 0 unspecified atom stereocenters. The Bertz CT molecular complexity index is 589. The van der Waals surface area contributed by atoms with Gasteiger partial charge in [0.1, 0.15) is 16.4 Å². The van der Waals surface area contributed by atoms with Gasteiger partial charge in [0.15, 0.2) is 5.75 Å². The smallest absolute Gasteiger partial charge is 0.214 e. The molecule has 0 aromatic heterocycles. The minimum Gasteiger partial charge on any atom is -0.510 e. The van der Waals surface area contributed by atoms with E-state index in [1.165, 1.54) is 12.0 Å². The van der Waals surface area contributed by atoms with Gasteiger partial charge in [0, 0.05) is 13.0 Å². The van der Waals surface area contributed by atoms with Gasteiger partial charge in [0.25, 0.3) is 0 Å². The number of carbonyl (C=O) groups excluding carboxylic acids is 1. The third-order valence-corrected chi connectivity index (χ3v) is 3.50. The Kier molecular flexibility index (Phi) is 4.46. The van der Waals surface area contributed by atoms with Crippen molar-refractivity contribution in [1.82, 2.24) is 4.90 Å². The molecule has 7 heteroatoms. The van der Waals surface area contributed by atoms with Crippen molar-refractivity contribution < 1.29 is 14.6 Å². The fourth-order valence-corrected chi connectivity index (χ4v) is 2.58. The fraction of sp³-hybridized carbons (Fsp3) is 0.231. The molecule has 1 aromatic carbocycles. The van der Waals surface area contributed by atoms with Crippen molar-refractivity contribution in [2.24, 2.45) is 0 Å². The van der Waals surface area contributed by atoms with E-state index in [2.05, 4.69) is 5.32 Å². The maximum atomic E-state index is 10.9. The Balaban J connectivity index is 2.27. The molecule has 1 amide bonds. The average molecular weight is 313 g/mol. The van der Waals surface area contributed by atoms with Gasteiger partial charge in [-0.1, -0.05) is 29.9 Å². The normalized spacial score (nSPS) is 14.4. The first-order valence-electron chi connectivity index (χ1n) is 5.86. The summed E-state index contributed by atoms with van der Waals surface area (Å²) in [5.74, 6) is 0.544. The van der Waals surface area contributed by atoms with E-state index in [4.69, 9.17) is 28.6 Å². The number of carbonyl (C=O) groups is 1. The van der Waals surface area contributed by atoms with Crippen molar-refractivity contribution in [3.05, 3.63) is 34.7 Å². The molecular weight excluding hydrogens is 300 g/mol. The van der Waals surface area contributed by atoms with Gasteiger partial charge in [-0.25, -0.2) is 0 Å². The summed E-state index contributed by atoms with van der Waals surface area (Å²) in [6, 6.07) is 5.18. The van der Waals surface area contributed by atoms with Crippen LogP contribution >= 0.6 is 23.8 Å². The summed E-state index contributed by atoms with van der Waals surface area (Å²) >= 11 is 11.3. The quantitative estimate of drug-likeness (QED) is 0.661. The molecule has 0 atom stereocenters. The number of hydrogen-bond acceptors (Lipinski definition) is 4. The van der Waals surface area contributed by atoms with Crippen molar-refractivity contribution in [2.45, 2.75) is 6.42 Å². The van der Waals surface area contributed by atoms with Crippen LogP contribution in [0.15, 0.2) is 29.7 Å². The number of benzene rings is 1. The fourth-order valence-electron chi connectivity index (χ4n) is 1.99. The Hall–Kier alpha value is -1.79. The second-order valence-corrected chi connectivity index (χ2v) is 4.93. The lowest BCUT2D eigenvalue weighted by molar-refractivity contribution is -0.115. The van der Waals surface area contributed by atoms with E-state index in [0.717, 1.165) is 0 Å². The molecule has 0 saturated heterocycles. The molecule has 1 aliphatic heterocycles. The monoisotopic (exact) mass is 312 g/mol. The lowest BCUT2D eigenvalue weighted by Gasteiger charge is -2.18. The lowest BCUT2D eigenvalue weighted by atomic mass is 10.2. The van der Waals surface area contributed by atoms with Gasteiger partial charge >= 0.3 is 0 Å². The molecule has 1 aromatic rings. The molecule has 5 nitrogen and oxygen atoms in total. The van der Waals surface area contributed by atoms with Gasteiger partial charge in [-0.2, -0.15) is 0 Å². The summed E-state index contributed by atoms with van der Waals surface area (Å²) in [5.41, 5.74) is 0.889.